The molecule has 0 fully saturated rings. The third-order valence-electron chi connectivity index (χ3n) is 11.5. The van der Waals surface area contributed by atoms with Crippen LogP contribution in [0.3, 0.4) is 0 Å². The molecule has 11 aromatic rings. The van der Waals surface area contributed by atoms with E-state index in [-0.39, 0.29) is 0 Å². The molecule has 54 heavy (non-hydrogen) atoms. The zero-order valence-electron chi connectivity index (χ0n) is 29.4. The smallest absolute Gasteiger partial charge is 0.235 e. The molecule has 3 aromatic heterocycles. The summed E-state index contributed by atoms with van der Waals surface area (Å²) in [7, 11) is 0. The second-order valence-corrected chi connectivity index (χ2v) is 14.4. The number of hydrogen-bond donors (Lipinski definition) is 0. The summed E-state index contributed by atoms with van der Waals surface area (Å²) in [6.07, 6.45) is 6.54. The number of fused-ring (bicyclic) bond motifs is 12. The molecule has 0 saturated heterocycles. The Bertz CT molecular complexity index is 3410. The molecule has 0 spiro atoms. The van der Waals surface area contributed by atoms with E-state index in [1.165, 1.54) is 64.9 Å². The fourth-order valence-electron chi connectivity index (χ4n) is 9.16. The van der Waals surface area contributed by atoms with Crippen molar-refractivity contribution in [2.45, 2.75) is 12.8 Å². The van der Waals surface area contributed by atoms with Crippen LogP contribution in [0.4, 0.5) is 0 Å². The summed E-state index contributed by atoms with van der Waals surface area (Å²) < 4.78 is 4.71. The van der Waals surface area contributed by atoms with Gasteiger partial charge in [0.15, 0.2) is 0 Å². The van der Waals surface area contributed by atoms with E-state index in [2.05, 4.69) is 179 Å². The maximum absolute atomic E-state index is 5.46. The number of nitrogens with zero attached hydrogens (tertiary/aromatic N) is 4. The van der Waals surface area contributed by atoms with Gasteiger partial charge in [0, 0.05) is 38.0 Å². The van der Waals surface area contributed by atoms with Gasteiger partial charge in [-0.25, -0.2) is 9.97 Å². The lowest BCUT2D eigenvalue weighted by Crippen LogP contribution is -2.34. The molecule has 252 valence electrons. The maximum atomic E-state index is 5.46. The average Bonchev–Trinajstić information content (AvgIpc) is 3.76. The Kier molecular flexibility index (Phi) is 6.14. The van der Waals surface area contributed by atoms with Gasteiger partial charge in [0.2, 0.25) is 5.95 Å². The standard InChI is InChI=1S/C50H32N4/c1-4-16-35-31(12-1)15-11-21-39(35)49-40-20-7-9-22-42(40)51-50(52-49)54-43-23-10-8-19-38(43)41-30-34(26-29-44(41)54)53-45-27-24-32-13-2-5-17-36(32)47(45)48-37-18-6-3-14-33(37)25-28-46(48)53/h1-6,8,10-30H,7,9H2. The van der Waals surface area contributed by atoms with E-state index in [1.54, 1.807) is 0 Å². The minimum atomic E-state index is 0.692. The second kappa shape index (κ2) is 11.2. The summed E-state index contributed by atoms with van der Waals surface area (Å²) in [5.74, 6) is 0.692. The third-order valence-corrected chi connectivity index (χ3v) is 11.5. The lowest BCUT2D eigenvalue weighted by atomic mass is 9.99. The Balaban J connectivity index is 1.15. The lowest BCUT2D eigenvalue weighted by molar-refractivity contribution is 0.949. The van der Waals surface area contributed by atoms with Gasteiger partial charge in [-0.2, -0.15) is 0 Å². The van der Waals surface area contributed by atoms with Crippen LogP contribution in [0.1, 0.15) is 12.8 Å². The first-order valence-corrected chi connectivity index (χ1v) is 18.7. The Morgan fingerprint density at radius 2 is 0.981 bits per heavy atom. The maximum Gasteiger partial charge on any atom is 0.235 e. The summed E-state index contributed by atoms with van der Waals surface area (Å²) in [6.45, 7) is 0. The van der Waals surface area contributed by atoms with Crippen molar-refractivity contribution in [2.75, 3.05) is 0 Å². The molecule has 0 atom stereocenters. The van der Waals surface area contributed by atoms with E-state index in [9.17, 15) is 0 Å². The highest BCUT2D eigenvalue weighted by molar-refractivity contribution is 6.28. The molecular weight excluding hydrogens is 657 g/mol. The molecule has 0 bridgehead atoms. The van der Waals surface area contributed by atoms with E-state index in [1.807, 2.05) is 0 Å². The number of benzene rings is 8. The van der Waals surface area contributed by atoms with Crippen LogP contribution in [-0.4, -0.2) is 19.1 Å². The van der Waals surface area contributed by atoms with Gasteiger partial charge in [0.25, 0.3) is 0 Å². The molecule has 0 amide bonds. The van der Waals surface area contributed by atoms with Crippen LogP contribution in [0, 0.1) is 0 Å². The molecular formula is C50H32N4. The van der Waals surface area contributed by atoms with Crippen molar-refractivity contribution < 1.29 is 0 Å². The summed E-state index contributed by atoms with van der Waals surface area (Å²) in [4.78, 5) is 10.8. The number of aromatic nitrogens is 4. The normalized spacial score (nSPS) is 13.0. The third kappa shape index (κ3) is 4.13. The summed E-state index contributed by atoms with van der Waals surface area (Å²) in [5.41, 5.74) is 7.82. The number of hydrogen-bond acceptors (Lipinski definition) is 2. The summed E-state index contributed by atoms with van der Waals surface area (Å²) >= 11 is 0. The number of para-hydroxylation sites is 1. The van der Waals surface area contributed by atoms with Gasteiger partial charge in [-0.15, -0.1) is 0 Å². The van der Waals surface area contributed by atoms with Crippen molar-refractivity contribution in [1.82, 2.24) is 19.1 Å². The monoisotopic (exact) mass is 688 g/mol. The zero-order chi connectivity index (χ0) is 35.3. The van der Waals surface area contributed by atoms with Crippen LogP contribution >= 0.6 is 0 Å². The SMILES string of the molecule is C1=c2nc(-n3c4ccccc4c4cc(-n5c6ccc7ccccc7c6c6c7ccccc7ccc65)ccc43)nc(-c3cccc4ccccc34)c2=CCC1. The second-order valence-electron chi connectivity index (χ2n) is 14.4. The predicted octanol–water partition coefficient (Wildman–Crippen LogP) is 11.2. The van der Waals surface area contributed by atoms with Crippen LogP contribution in [0.15, 0.2) is 158 Å². The lowest BCUT2D eigenvalue weighted by Gasteiger charge is -2.13. The fraction of sp³-hybridized carbons (Fsp3) is 0.0400. The molecule has 0 radical (unpaired) electrons. The molecule has 0 saturated carbocycles. The molecule has 0 unspecified atom stereocenters. The largest absolute Gasteiger partial charge is 0.309 e. The van der Waals surface area contributed by atoms with Gasteiger partial charge in [-0.05, 0) is 81.6 Å². The molecule has 0 aliphatic heterocycles. The summed E-state index contributed by atoms with van der Waals surface area (Å²) in [6, 6.07) is 57.3. The summed E-state index contributed by atoms with van der Waals surface area (Å²) in [5, 5.41) is 14.5. The number of rotatable bonds is 3. The Morgan fingerprint density at radius 3 is 1.72 bits per heavy atom. The van der Waals surface area contributed by atoms with Gasteiger partial charge in [0.05, 0.1) is 33.1 Å². The molecule has 1 aliphatic rings. The highest BCUT2D eigenvalue weighted by Gasteiger charge is 2.21. The molecule has 0 N–H and O–H groups in total. The topological polar surface area (TPSA) is 35.6 Å². The van der Waals surface area contributed by atoms with E-state index in [4.69, 9.17) is 9.97 Å². The van der Waals surface area contributed by atoms with Gasteiger partial charge < -0.3 is 4.57 Å². The van der Waals surface area contributed by atoms with Gasteiger partial charge in [0.1, 0.15) is 0 Å². The Hall–Kier alpha value is -7.04. The van der Waals surface area contributed by atoms with Crippen LogP contribution in [0.25, 0.3) is 111 Å². The predicted molar refractivity (Wildman–Crippen MR) is 226 cm³/mol. The van der Waals surface area contributed by atoms with Gasteiger partial charge in [-0.3, -0.25) is 4.57 Å². The molecule has 4 nitrogen and oxygen atoms in total. The van der Waals surface area contributed by atoms with E-state index in [0.717, 1.165) is 51.4 Å². The average molecular weight is 689 g/mol. The van der Waals surface area contributed by atoms with Crippen molar-refractivity contribution in [2.24, 2.45) is 0 Å². The van der Waals surface area contributed by atoms with E-state index < -0.39 is 0 Å². The Labute approximate surface area is 310 Å². The van der Waals surface area contributed by atoms with Crippen LogP contribution < -0.4 is 10.6 Å². The zero-order valence-corrected chi connectivity index (χ0v) is 29.4. The first-order valence-electron chi connectivity index (χ1n) is 18.7. The fourth-order valence-corrected chi connectivity index (χ4v) is 9.16. The molecule has 12 rings (SSSR count). The van der Waals surface area contributed by atoms with Crippen molar-refractivity contribution in [3.8, 4) is 22.9 Å². The first kappa shape index (κ1) is 29.5. The molecule has 4 heteroatoms. The quantitative estimate of drug-likeness (QED) is 0.185. The minimum Gasteiger partial charge on any atom is -0.309 e. The first-order chi connectivity index (χ1) is 26.8. The van der Waals surface area contributed by atoms with Crippen molar-refractivity contribution in [1.29, 1.82) is 0 Å². The molecule has 8 aromatic carbocycles. The van der Waals surface area contributed by atoms with Crippen LogP contribution in [0.5, 0.6) is 0 Å². The van der Waals surface area contributed by atoms with Crippen LogP contribution in [-0.2, 0) is 0 Å². The highest BCUT2D eigenvalue weighted by Crippen LogP contribution is 2.42. The highest BCUT2D eigenvalue weighted by atomic mass is 15.2. The van der Waals surface area contributed by atoms with Crippen molar-refractivity contribution in [3.05, 3.63) is 168 Å². The van der Waals surface area contributed by atoms with Crippen molar-refractivity contribution in [3.63, 3.8) is 0 Å². The Morgan fingerprint density at radius 1 is 0.407 bits per heavy atom. The van der Waals surface area contributed by atoms with Crippen molar-refractivity contribution >= 4 is 88.1 Å². The van der Waals surface area contributed by atoms with Gasteiger partial charge >= 0.3 is 0 Å². The van der Waals surface area contributed by atoms with E-state index >= 15 is 0 Å². The molecule has 1 aliphatic carbocycles. The van der Waals surface area contributed by atoms with Crippen LogP contribution in [0.2, 0.25) is 0 Å². The van der Waals surface area contributed by atoms with Gasteiger partial charge in [-0.1, -0.05) is 133 Å². The van der Waals surface area contributed by atoms with E-state index in [0.29, 0.717) is 5.95 Å². The minimum absolute atomic E-state index is 0.692. The molecule has 3 heterocycles.